The fourth-order valence-electron chi connectivity index (χ4n) is 1.46. The van der Waals surface area contributed by atoms with Crippen LogP contribution >= 0.6 is 11.8 Å². The Labute approximate surface area is 106 Å². The highest BCUT2D eigenvalue weighted by atomic mass is 35.5. The minimum absolute atomic E-state index is 0.185. The summed E-state index contributed by atoms with van der Waals surface area (Å²) in [6.45, 7) is 2.14. The fraction of sp³-hybridized carbons (Fsp3) is 0.417. The van der Waals surface area contributed by atoms with E-state index in [1.54, 1.807) is 14.0 Å². The molecule has 5 heteroatoms. The van der Waals surface area contributed by atoms with Crippen LogP contribution in [0.5, 0.6) is 5.75 Å². The van der Waals surface area contributed by atoms with E-state index in [0.717, 1.165) is 11.3 Å². The molecule has 0 radical (unpaired) electrons. The van der Waals surface area contributed by atoms with Gasteiger partial charge < -0.3 is 9.47 Å². The molecule has 17 heavy (non-hydrogen) atoms. The SMILES string of the molecule is CCOC(=O)CC(NCl)c1cccc(OC)c1. The predicted molar refractivity (Wildman–Crippen MR) is 66.0 cm³/mol. The van der Waals surface area contributed by atoms with Crippen LogP contribution in [0.15, 0.2) is 24.3 Å². The lowest BCUT2D eigenvalue weighted by Crippen LogP contribution is -2.17. The summed E-state index contributed by atoms with van der Waals surface area (Å²) in [4.78, 5) is 14.0. The van der Waals surface area contributed by atoms with E-state index in [0.29, 0.717) is 6.61 Å². The van der Waals surface area contributed by atoms with Gasteiger partial charge >= 0.3 is 5.97 Å². The Morgan fingerprint density at radius 3 is 2.88 bits per heavy atom. The van der Waals surface area contributed by atoms with E-state index >= 15 is 0 Å². The summed E-state index contributed by atoms with van der Waals surface area (Å²) >= 11 is 5.64. The summed E-state index contributed by atoms with van der Waals surface area (Å²) < 4.78 is 10.00. The Morgan fingerprint density at radius 2 is 2.29 bits per heavy atom. The second-order valence-corrected chi connectivity index (χ2v) is 3.67. The number of ether oxygens (including phenoxy) is 2. The van der Waals surface area contributed by atoms with Crippen LogP contribution < -0.4 is 9.57 Å². The third-order valence-corrected chi connectivity index (χ3v) is 2.57. The van der Waals surface area contributed by atoms with Crippen molar-refractivity contribution in [2.24, 2.45) is 0 Å². The van der Waals surface area contributed by atoms with Crippen molar-refractivity contribution in [2.75, 3.05) is 13.7 Å². The van der Waals surface area contributed by atoms with Gasteiger partial charge in [0.2, 0.25) is 0 Å². The number of halogens is 1. The van der Waals surface area contributed by atoms with Crippen molar-refractivity contribution in [3.05, 3.63) is 29.8 Å². The van der Waals surface area contributed by atoms with Gasteiger partial charge in [-0.05, 0) is 36.4 Å². The molecule has 0 spiro atoms. The molecule has 1 aromatic rings. The maximum atomic E-state index is 11.4. The molecule has 4 nitrogen and oxygen atoms in total. The summed E-state index contributed by atoms with van der Waals surface area (Å²) in [5.41, 5.74) is 0.882. The molecule has 0 aliphatic heterocycles. The first-order chi connectivity index (χ1) is 8.21. The lowest BCUT2D eigenvalue weighted by molar-refractivity contribution is -0.143. The van der Waals surface area contributed by atoms with Crippen molar-refractivity contribution in [3.63, 3.8) is 0 Å². The zero-order chi connectivity index (χ0) is 12.7. The normalized spacial score (nSPS) is 11.9. The number of methoxy groups -OCH3 is 1. The minimum atomic E-state index is -0.286. The number of hydrogen-bond donors (Lipinski definition) is 1. The first kappa shape index (κ1) is 13.8. The van der Waals surface area contributed by atoms with Crippen LogP contribution in [0.3, 0.4) is 0 Å². The zero-order valence-corrected chi connectivity index (χ0v) is 10.7. The molecule has 0 heterocycles. The quantitative estimate of drug-likeness (QED) is 0.628. The molecule has 1 unspecified atom stereocenters. The number of hydrogen-bond acceptors (Lipinski definition) is 4. The average molecular weight is 258 g/mol. The van der Waals surface area contributed by atoms with Crippen LogP contribution in [-0.2, 0) is 9.53 Å². The second kappa shape index (κ2) is 7.14. The molecule has 0 aromatic heterocycles. The van der Waals surface area contributed by atoms with Gasteiger partial charge in [-0.15, -0.1) is 0 Å². The van der Waals surface area contributed by atoms with Crippen molar-refractivity contribution in [2.45, 2.75) is 19.4 Å². The molecule has 1 rings (SSSR count). The van der Waals surface area contributed by atoms with Crippen LogP contribution in [-0.4, -0.2) is 19.7 Å². The van der Waals surface area contributed by atoms with E-state index in [2.05, 4.69) is 4.84 Å². The maximum Gasteiger partial charge on any atom is 0.307 e. The van der Waals surface area contributed by atoms with Gasteiger partial charge in [-0.2, -0.15) is 0 Å². The molecule has 1 atom stereocenters. The third-order valence-electron chi connectivity index (χ3n) is 2.30. The number of esters is 1. The molecule has 0 bridgehead atoms. The van der Waals surface area contributed by atoms with Crippen LogP contribution in [0.1, 0.15) is 24.9 Å². The summed E-state index contributed by atoms with van der Waals surface area (Å²) in [6.07, 6.45) is 0.185. The Bertz CT molecular complexity index is 371. The van der Waals surface area contributed by atoms with Gasteiger partial charge in [0, 0.05) is 0 Å². The molecule has 0 saturated carbocycles. The number of benzene rings is 1. The molecule has 0 amide bonds. The third kappa shape index (κ3) is 4.24. The molecular formula is C12H16ClNO3. The molecule has 0 aliphatic rings. The summed E-state index contributed by atoms with van der Waals surface area (Å²) in [5.74, 6) is 0.441. The Kier molecular flexibility index (Phi) is 5.80. The first-order valence-corrected chi connectivity index (χ1v) is 5.74. The summed E-state index contributed by atoms with van der Waals surface area (Å²) in [5, 5.41) is 0. The Balaban J connectivity index is 2.74. The van der Waals surface area contributed by atoms with Gasteiger partial charge in [-0.3, -0.25) is 4.79 Å². The number of rotatable bonds is 6. The first-order valence-electron chi connectivity index (χ1n) is 5.37. The molecule has 0 aliphatic carbocycles. The summed E-state index contributed by atoms with van der Waals surface area (Å²) in [7, 11) is 1.59. The van der Waals surface area contributed by atoms with Gasteiger partial charge in [0.1, 0.15) is 5.75 Å². The van der Waals surface area contributed by atoms with Gasteiger partial charge in [-0.25, -0.2) is 4.84 Å². The lowest BCUT2D eigenvalue weighted by Gasteiger charge is -2.15. The Morgan fingerprint density at radius 1 is 1.53 bits per heavy atom. The highest BCUT2D eigenvalue weighted by Gasteiger charge is 2.16. The van der Waals surface area contributed by atoms with Crippen molar-refractivity contribution in [1.29, 1.82) is 0 Å². The van der Waals surface area contributed by atoms with Crippen molar-refractivity contribution < 1.29 is 14.3 Å². The van der Waals surface area contributed by atoms with E-state index in [9.17, 15) is 4.79 Å². The zero-order valence-electron chi connectivity index (χ0n) is 9.90. The van der Waals surface area contributed by atoms with E-state index in [1.165, 1.54) is 0 Å². The molecular weight excluding hydrogens is 242 g/mol. The monoisotopic (exact) mass is 257 g/mol. The number of carbonyl (C=O) groups excluding carboxylic acids is 1. The van der Waals surface area contributed by atoms with E-state index in [-0.39, 0.29) is 18.4 Å². The van der Waals surface area contributed by atoms with Gasteiger partial charge in [-0.1, -0.05) is 12.1 Å². The lowest BCUT2D eigenvalue weighted by atomic mass is 10.0. The number of carbonyl (C=O) groups is 1. The Hall–Kier alpha value is -1.26. The molecule has 0 saturated heterocycles. The summed E-state index contributed by atoms with van der Waals surface area (Å²) in [6, 6.07) is 7.10. The van der Waals surface area contributed by atoms with Crippen molar-refractivity contribution >= 4 is 17.7 Å². The molecule has 94 valence electrons. The number of nitrogens with one attached hydrogen (secondary N) is 1. The second-order valence-electron chi connectivity index (χ2n) is 3.45. The van der Waals surface area contributed by atoms with Crippen molar-refractivity contribution in [1.82, 2.24) is 4.84 Å². The van der Waals surface area contributed by atoms with E-state index < -0.39 is 0 Å². The standard InChI is InChI=1S/C12H16ClNO3/c1-3-17-12(15)8-11(14-13)9-5-4-6-10(7-9)16-2/h4-7,11,14H,3,8H2,1-2H3. The minimum Gasteiger partial charge on any atom is -0.497 e. The van der Waals surface area contributed by atoms with E-state index in [1.807, 2.05) is 24.3 Å². The highest BCUT2D eigenvalue weighted by molar-refractivity contribution is 6.13. The topological polar surface area (TPSA) is 47.6 Å². The van der Waals surface area contributed by atoms with Crippen molar-refractivity contribution in [3.8, 4) is 5.75 Å². The molecule has 0 fully saturated rings. The smallest absolute Gasteiger partial charge is 0.307 e. The molecule has 1 aromatic carbocycles. The average Bonchev–Trinajstić information content (AvgIpc) is 2.36. The highest BCUT2D eigenvalue weighted by Crippen LogP contribution is 2.22. The van der Waals surface area contributed by atoms with Gasteiger partial charge in [0.15, 0.2) is 0 Å². The van der Waals surface area contributed by atoms with Crippen LogP contribution in [0.2, 0.25) is 0 Å². The largest absolute Gasteiger partial charge is 0.497 e. The molecule has 1 N–H and O–H groups in total. The van der Waals surface area contributed by atoms with Crippen LogP contribution in [0, 0.1) is 0 Å². The van der Waals surface area contributed by atoms with Crippen LogP contribution in [0.25, 0.3) is 0 Å². The van der Waals surface area contributed by atoms with Gasteiger partial charge in [0.25, 0.3) is 0 Å². The predicted octanol–water partition coefficient (Wildman–Crippen LogP) is 2.43. The van der Waals surface area contributed by atoms with E-state index in [4.69, 9.17) is 21.3 Å². The van der Waals surface area contributed by atoms with Gasteiger partial charge in [0.05, 0.1) is 26.2 Å². The van der Waals surface area contributed by atoms with Crippen LogP contribution in [0.4, 0.5) is 0 Å². The maximum absolute atomic E-state index is 11.4. The fourth-order valence-corrected chi connectivity index (χ4v) is 1.67.